The highest BCUT2D eigenvalue weighted by Crippen LogP contribution is 2.32. The van der Waals surface area contributed by atoms with Crippen molar-refractivity contribution in [2.75, 3.05) is 7.11 Å². The van der Waals surface area contributed by atoms with E-state index >= 15 is 0 Å². The predicted octanol–water partition coefficient (Wildman–Crippen LogP) is 5.22. The van der Waals surface area contributed by atoms with Gasteiger partial charge in [0.15, 0.2) is 4.80 Å². The third kappa shape index (κ3) is 5.32. The number of benzene rings is 2. The van der Waals surface area contributed by atoms with E-state index in [4.69, 9.17) is 14.5 Å². The van der Waals surface area contributed by atoms with Crippen LogP contribution < -0.4 is 19.6 Å². The molecule has 0 saturated heterocycles. The Morgan fingerprint density at radius 3 is 2.27 bits per heavy atom. The zero-order valence-electron chi connectivity index (χ0n) is 24.7. The Balaban J connectivity index is 1.68. The molecule has 4 aromatic rings. The van der Waals surface area contributed by atoms with Crippen molar-refractivity contribution in [2.24, 2.45) is 4.99 Å². The van der Waals surface area contributed by atoms with Gasteiger partial charge in [0, 0.05) is 17.1 Å². The first-order valence-electron chi connectivity index (χ1n) is 13.6. The van der Waals surface area contributed by atoms with E-state index in [1.54, 1.807) is 32.4 Å². The number of carbonyl (C=O) groups excluding carboxylic acids is 1. The van der Waals surface area contributed by atoms with Crippen LogP contribution >= 0.6 is 11.3 Å². The number of allylic oxidation sites excluding steroid dienone is 1. The van der Waals surface area contributed by atoms with Crippen LogP contribution in [0.1, 0.15) is 60.5 Å². The van der Waals surface area contributed by atoms with E-state index in [9.17, 15) is 9.59 Å². The Kier molecular flexibility index (Phi) is 7.62. The fraction of sp³-hybridized carbons (Fsp3) is 0.303. The van der Waals surface area contributed by atoms with Crippen molar-refractivity contribution in [3.8, 4) is 11.4 Å². The Labute approximate surface area is 243 Å². The lowest BCUT2D eigenvalue weighted by Gasteiger charge is -2.25. The van der Waals surface area contributed by atoms with Crippen LogP contribution in [-0.2, 0) is 9.53 Å². The number of thiazole rings is 1. The number of fused-ring (bicyclic) bond motifs is 1. The van der Waals surface area contributed by atoms with Crippen molar-refractivity contribution in [1.29, 1.82) is 0 Å². The van der Waals surface area contributed by atoms with E-state index in [0.29, 0.717) is 26.4 Å². The third-order valence-corrected chi connectivity index (χ3v) is 8.22. The molecule has 0 amide bonds. The molecule has 212 valence electrons. The second kappa shape index (κ2) is 11.0. The number of hydrogen-bond acceptors (Lipinski definition) is 6. The third-order valence-electron chi connectivity index (χ3n) is 7.24. The van der Waals surface area contributed by atoms with Gasteiger partial charge in [-0.15, -0.1) is 0 Å². The highest BCUT2D eigenvalue weighted by Gasteiger charge is 2.33. The van der Waals surface area contributed by atoms with Crippen LogP contribution in [0.4, 0.5) is 0 Å². The summed E-state index contributed by atoms with van der Waals surface area (Å²) in [5.74, 6) is 0.209. The molecule has 1 atom stereocenters. The number of aryl methyl sites for hydroxylation is 3. The maximum absolute atomic E-state index is 14.1. The zero-order chi connectivity index (χ0) is 29.6. The minimum atomic E-state index is -0.673. The van der Waals surface area contributed by atoms with Crippen LogP contribution in [0.3, 0.4) is 0 Å². The fourth-order valence-electron chi connectivity index (χ4n) is 5.51. The molecule has 3 heterocycles. The van der Waals surface area contributed by atoms with Gasteiger partial charge in [0.1, 0.15) is 5.75 Å². The maximum Gasteiger partial charge on any atom is 0.338 e. The van der Waals surface area contributed by atoms with Crippen molar-refractivity contribution < 1.29 is 14.3 Å². The number of carbonyl (C=O) groups is 1. The van der Waals surface area contributed by atoms with E-state index in [-0.39, 0.29) is 11.7 Å². The van der Waals surface area contributed by atoms with Crippen LogP contribution in [-0.4, -0.2) is 28.3 Å². The molecular formula is C33H35N3O4S. The molecule has 0 saturated carbocycles. The summed E-state index contributed by atoms with van der Waals surface area (Å²) in [7, 11) is 1.60. The standard InChI is InChI=1S/C33H35N3O4S/c1-18(2)40-32(38)29-22(6)34-33-36(30(29)24-9-11-27(39-8)12-10-24)31(37)28(41-33)17-25-16-21(5)35(23(25)7)26-14-19(3)13-20(4)15-26/h9-18,30H,1-8H3/b28-17+/t30-/m1/s1. The van der Waals surface area contributed by atoms with Gasteiger partial charge in [-0.1, -0.05) is 29.5 Å². The Morgan fingerprint density at radius 1 is 1.00 bits per heavy atom. The molecule has 1 aliphatic rings. The summed E-state index contributed by atoms with van der Waals surface area (Å²) in [6, 6.07) is 15.3. The number of esters is 1. The first-order valence-corrected chi connectivity index (χ1v) is 14.4. The molecular weight excluding hydrogens is 534 g/mol. The van der Waals surface area contributed by atoms with Gasteiger partial charge >= 0.3 is 5.97 Å². The number of ether oxygens (including phenoxy) is 2. The van der Waals surface area contributed by atoms with Crippen LogP contribution in [0.5, 0.6) is 5.75 Å². The number of nitrogens with zero attached hydrogens (tertiary/aromatic N) is 3. The van der Waals surface area contributed by atoms with Crippen molar-refractivity contribution in [3.05, 3.63) is 113 Å². The number of rotatable bonds is 6. The average molecular weight is 570 g/mol. The zero-order valence-corrected chi connectivity index (χ0v) is 25.6. The quantitative estimate of drug-likeness (QED) is 0.299. The Bertz CT molecular complexity index is 1850. The smallest absolute Gasteiger partial charge is 0.338 e. The van der Waals surface area contributed by atoms with E-state index in [1.165, 1.54) is 22.5 Å². The molecule has 0 fully saturated rings. The monoisotopic (exact) mass is 569 g/mol. The lowest BCUT2D eigenvalue weighted by molar-refractivity contribution is -0.143. The molecule has 7 nitrogen and oxygen atoms in total. The van der Waals surface area contributed by atoms with E-state index in [2.05, 4.69) is 56.5 Å². The van der Waals surface area contributed by atoms with Crippen molar-refractivity contribution in [1.82, 2.24) is 9.13 Å². The van der Waals surface area contributed by atoms with Crippen molar-refractivity contribution >= 4 is 23.4 Å². The van der Waals surface area contributed by atoms with Crippen LogP contribution in [0.2, 0.25) is 0 Å². The summed E-state index contributed by atoms with van der Waals surface area (Å²) < 4.78 is 15.3. The second-order valence-electron chi connectivity index (χ2n) is 10.8. The number of aromatic nitrogens is 2. The van der Waals surface area contributed by atoms with Crippen LogP contribution in [0, 0.1) is 27.7 Å². The minimum absolute atomic E-state index is 0.201. The summed E-state index contributed by atoms with van der Waals surface area (Å²) in [4.78, 5) is 32.6. The predicted molar refractivity (Wildman–Crippen MR) is 163 cm³/mol. The van der Waals surface area contributed by atoms with Crippen molar-refractivity contribution in [3.63, 3.8) is 0 Å². The topological polar surface area (TPSA) is 74.8 Å². The summed E-state index contributed by atoms with van der Waals surface area (Å²) in [6.45, 7) is 13.7. The highest BCUT2D eigenvalue weighted by atomic mass is 32.1. The van der Waals surface area contributed by atoms with Crippen molar-refractivity contribution in [2.45, 2.75) is 60.6 Å². The molecule has 0 radical (unpaired) electrons. The van der Waals surface area contributed by atoms with Gasteiger partial charge in [-0.2, -0.15) is 0 Å². The van der Waals surface area contributed by atoms with Gasteiger partial charge < -0.3 is 14.0 Å². The molecule has 0 N–H and O–H groups in total. The maximum atomic E-state index is 14.1. The lowest BCUT2D eigenvalue weighted by Crippen LogP contribution is -2.40. The molecule has 0 unspecified atom stereocenters. The van der Waals surface area contributed by atoms with Crippen LogP contribution in [0.25, 0.3) is 11.8 Å². The SMILES string of the molecule is COc1ccc([C@@H]2C(C(=O)OC(C)C)=C(C)N=c3s/c(=C/c4cc(C)n(-c5cc(C)cc(C)c5)c4C)c(=O)n32)cc1. The Morgan fingerprint density at radius 2 is 1.66 bits per heavy atom. The van der Waals surface area contributed by atoms with Gasteiger partial charge in [-0.25, -0.2) is 9.79 Å². The van der Waals surface area contributed by atoms with Gasteiger partial charge in [-0.05, 0) is 107 Å². The molecule has 0 spiro atoms. The summed E-state index contributed by atoms with van der Waals surface area (Å²) in [6.07, 6.45) is 1.62. The first-order chi connectivity index (χ1) is 19.5. The van der Waals surface area contributed by atoms with E-state index in [1.807, 2.05) is 30.3 Å². The van der Waals surface area contributed by atoms with Gasteiger partial charge in [-0.3, -0.25) is 9.36 Å². The molecule has 1 aliphatic heterocycles. The molecule has 0 aliphatic carbocycles. The van der Waals surface area contributed by atoms with Crippen LogP contribution in [0.15, 0.2) is 69.6 Å². The molecule has 2 aromatic heterocycles. The first kappa shape index (κ1) is 28.4. The van der Waals surface area contributed by atoms with E-state index in [0.717, 1.165) is 28.2 Å². The van der Waals surface area contributed by atoms with Gasteiger partial charge in [0.2, 0.25) is 0 Å². The number of hydrogen-bond donors (Lipinski definition) is 0. The largest absolute Gasteiger partial charge is 0.497 e. The average Bonchev–Trinajstić information content (AvgIpc) is 3.36. The molecule has 5 rings (SSSR count). The molecule has 8 heteroatoms. The summed E-state index contributed by atoms with van der Waals surface area (Å²) in [5, 5.41) is 0. The molecule has 41 heavy (non-hydrogen) atoms. The van der Waals surface area contributed by atoms with Gasteiger partial charge in [0.05, 0.1) is 35.1 Å². The molecule has 0 bridgehead atoms. The Hall–Kier alpha value is -4.17. The summed E-state index contributed by atoms with van der Waals surface area (Å²) in [5.41, 5.74) is 8.05. The van der Waals surface area contributed by atoms with E-state index < -0.39 is 12.0 Å². The number of methoxy groups -OCH3 is 1. The normalized spacial score (nSPS) is 15.2. The lowest BCUT2D eigenvalue weighted by atomic mass is 9.96. The summed E-state index contributed by atoms with van der Waals surface area (Å²) >= 11 is 1.33. The highest BCUT2D eigenvalue weighted by molar-refractivity contribution is 7.07. The second-order valence-corrected chi connectivity index (χ2v) is 11.8. The fourth-order valence-corrected chi connectivity index (χ4v) is 6.55. The molecule has 2 aromatic carbocycles. The van der Waals surface area contributed by atoms with Gasteiger partial charge in [0.25, 0.3) is 5.56 Å². The minimum Gasteiger partial charge on any atom is -0.497 e.